The standard InChI is InChI=1S/C14H20F3N5O3.ClH/c1-20-12(24)2-5-22(13(20)25)9-11(23)19-8-10(14(15,16)17)21-6-3-18-4-7-21;/h2,5,10,18H,3-4,6-9H2,1H3,(H,19,23);1H. The van der Waals surface area contributed by atoms with Gasteiger partial charge in [-0.15, -0.1) is 12.4 Å². The van der Waals surface area contributed by atoms with Crippen molar-refractivity contribution in [1.29, 1.82) is 0 Å². The Kier molecular flexibility index (Phi) is 7.85. The van der Waals surface area contributed by atoms with Crippen LogP contribution in [0.25, 0.3) is 0 Å². The third kappa shape index (κ3) is 5.58. The van der Waals surface area contributed by atoms with Gasteiger partial charge in [0.2, 0.25) is 5.91 Å². The lowest BCUT2D eigenvalue weighted by Gasteiger charge is -2.35. The van der Waals surface area contributed by atoms with Crippen LogP contribution in [0.3, 0.4) is 0 Å². The molecular weight excluding hydrogens is 379 g/mol. The van der Waals surface area contributed by atoms with Crippen LogP contribution in [0.4, 0.5) is 13.2 Å². The summed E-state index contributed by atoms with van der Waals surface area (Å²) in [5, 5.41) is 5.20. The van der Waals surface area contributed by atoms with Crippen LogP contribution < -0.4 is 21.9 Å². The van der Waals surface area contributed by atoms with Crippen molar-refractivity contribution >= 4 is 18.3 Å². The molecule has 2 heterocycles. The summed E-state index contributed by atoms with van der Waals surface area (Å²) in [5.41, 5.74) is -1.24. The van der Waals surface area contributed by atoms with Crippen LogP contribution >= 0.6 is 12.4 Å². The summed E-state index contributed by atoms with van der Waals surface area (Å²) in [6.07, 6.45) is -3.33. The molecule has 0 bridgehead atoms. The van der Waals surface area contributed by atoms with E-state index in [1.165, 1.54) is 11.9 Å². The van der Waals surface area contributed by atoms with Gasteiger partial charge in [-0.1, -0.05) is 0 Å². The van der Waals surface area contributed by atoms with E-state index < -0.39 is 42.5 Å². The fraction of sp³-hybridized carbons (Fsp3) is 0.643. The molecule has 0 spiro atoms. The van der Waals surface area contributed by atoms with Crippen molar-refractivity contribution in [1.82, 2.24) is 24.7 Å². The van der Waals surface area contributed by atoms with E-state index in [-0.39, 0.29) is 25.5 Å². The van der Waals surface area contributed by atoms with Gasteiger partial charge in [-0.25, -0.2) is 4.79 Å². The average molecular weight is 400 g/mol. The summed E-state index contributed by atoms with van der Waals surface area (Å²) in [4.78, 5) is 36.3. The maximum atomic E-state index is 13.2. The number of halogens is 4. The number of carbonyl (C=O) groups is 1. The number of alkyl halides is 3. The molecule has 2 N–H and O–H groups in total. The summed E-state index contributed by atoms with van der Waals surface area (Å²) in [6, 6.07) is -0.677. The fourth-order valence-electron chi connectivity index (χ4n) is 2.60. The van der Waals surface area contributed by atoms with E-state index in [2.05, 4.69) is 10.6 Å². The molecule has 0 aliphatic carbocycles. The van der Waals surface area contributed by atoms with E-state index in [4.69, 9.17) is 0 Å². The average Bonchev–Trinajstić information content (AvgIpc) is 2.55. The van der Waals surface area contributed by atoms with Crippen molar-refractivity contribution in [2.24, 2.45) is 7.05 Å². The Labute approximate surface area is 153 Å². The Hall–Kier alpha value is -1.85. The summed E-state index contributed by atoms with van der Waals surface area (Å²) in [5.74, 6) is -0.731. The zero-order valence-electron chi connectivity index (χ0n) is 14.1. The zero-order valence-corrected chi connectivity index (χ0v) is 14.9. The Bertz CT molecular complexity index is 728. The first kappa shape index (κ1) is 22.2. The van der Waals surface area contributed by atoms with E-state index in [1.54, 1.807) is 0 Å². The number of nitrogens with one attached hydrogen (secondary N) is 2. The highest BCUT2D eigenvalue weighted by molar-refractivity contribution is 5.85. The van der Waals surface area contributed by atoms with Gasteiger partial charge in [-0.05, 0) is 0 Å². The molecule has 1 unspecified atom stereocenters. The van der Waals surface area contributed by atoms with Gasteiger partial charge in [0.1, 0.15) is 12.6 Å². The topological polar surface area (TPSA) is 88.4 Å². The van der Waals surface area contributed by atoms with Crippen LogP contribution in [0.2, 0.25) is 0 Å². The van der Waals surface area contributed by atoms with Crippen molar-refractivity contribution in [2.75, 3.05) is 32.7 Å². The molecule has 1 atom stereocenters. The number of aromatic nitrogens is 2. The molecule has 0 radical (unpaired) electrons. The smallest absolute Gasteiger partial charge is 0.353 e. The first-order valence-electron chi connectivity index (χ1n) is 7.75. The quantitative estimate of drug-likeness (QED) is 0.657. The molecule has 8 nitrogen and oxygen atoms in total. The van der Waals surface area contributed by atoms with Gasteiger partial charge < -0.3 is 10.6 Å². The van der Waals surface area contributed by atoms with Crippen molar-refractivity contribution in [3.05, 3.63) is 33.1 Å². The van der Waals surface area contributed by atoms with Crippen molar-refractivity contribution in [2.45, 2.75) is 18.8 Å². The predicted molar refractivity (Wildman–Crippen MR) is 90.5 cm³/mol. The number of nitrogens with zero attached hydrogens (tertiary/aromatic N) is 3. The van der Waals surface area contributed by atoms with Gasteiger partial charge in [-0.3, -0.25) is 23.6 Å². The van der Waals surface area contributed by atoms with Gasteiger partial charge in [-0.2, -0.15) is 13.2 Å². The lowest BCUT2D eigenvalue weighted by atomic mass is 10.2. The SMILES string of the molecule is Cl.Cn1c(=O)ccn(CC(=O)NCC(N2CCNCC2)C(F)(F)F)c1=O. The second-order valence-corrected chi connectivity index (χ2v) is 5.77. The summed E-state index contributed by atoms with van der Waals surface area (Å²) < 4.78 is 41.5. The van der Waals surface area contributed by atoms with Crippen LogP contribution in [-0.2, 0) is 18.4 Å². The highest BCUT2D eigenvalue weighted by atomic mass is 35.5. The van der Waals surface area contributed by atoms with E-state index in [0.717, 1.165) is 21.4 Å². The summed E-state index contributed by atoms with van der Waals surface area (Å²) >= 11 is 0. The molecule has 1 aromatic heterocycles. The zero-order chi connectivity index (χ0) is 18.6. The van der Waals surface area contributed by atoms with Crippen LogP contribution in [-0.4, -0.2) is 64.9 Å². The first-order chi connectivity index (χ1) is 11.7. The molecule has 1 fully saturated rings. The third-order valence-corrected chi connectivity index (χ3v) is 4.04. The molecule has 148 valence electrons. The number of carbonyl (C=O) groups excluding carboxylic acids is 1. The molecule has 1 aliphatic rings. The van der Waals surface area contributed by atoms with Gasteiger partial charge in [0.25, 0.3) is 5.56 Å². The van der Waals surface area contributed by atoms with E-state index >= 15 is 0 Å². The highest BCUT2D eigenvalue weighted by Gasteiger charge is 2.43. The Morgan fingerprint density at radius 1 is 1.31 bits per heavy atom. The first-order valence-corrected chi connectivity index (χ1v) is 7.75. The lowest BCUT2D eigenvalue weighted by Crippen LogP contribution is -2.57. The minimum absolute atomic E-state index is 0. The second-order valence-electron chi connectivity index (χ2n) is 5.77. The van der Waals surface area contributed by atoms with E-state index in [9.17, 15) is 27.6 Å². The summed E-state index contributed by atoms with van der Waals surface area (Å²) in [7, 11) is 1.25. The van der Waals surface area contributed by atoms with Gasteiger partial charge in [0.05, 0.1) is 0 Å². The maximum absolute atomic E-state index is 13.2. The highest BCUT2D eigenvalue weighted by Crippen LogP contribution is 2.24. The number of hydrogen-bond donors (Lipinski definition) is 2. The monoisotopic (exact) mass is 399 g/mol. The van der Waals surface area contributed by atoms with Crippen molar-refractivity contribution in [3.8, 4) is 0 Å². The fourth-order valence-corrected chi connectivity index (χ4v) is 2.60. The van der Waals surface area contributed by atoms with Crippen molar-refractivity contribution in [3.63, 3.8) is 0 Å². The Morgan fingerprint density at radius 3 is 2.50 bits per heavy atom. The van der Waals surface area contributed by atoms with Crippen LogP contribution in [0.1, 0.15) is 0 Å². The van der Waals surface area contributed by atoms with Crippen LogP contribution in [0.15, 0.2) is 21.9 Å². The second kappa shape index (κ2) is 9.19. The van der Waals surface area contributed by atoms with Crippen LogP contribution in [0.5, 0.6) is 0 Å². The Morgan fingerprint density at radius 2 is 1.92 bits per heavy atom. The Balaban J connectivity index is 0.00000338. The number of rotatable bonds is 5. The van der Waals surface area contributed by atoms with Gasteiger partial charge >= 0.3 is 11.9 Å². The molecule has 1 saturated heterocycles. The maximum Gasteiger partial charge on any atom is 0.405 e. The molecule has 0 aromatic carbocycles. The molecule has 2 rings (SSSR count). The van der Waals surface area contributed by atoms with E-state index in [1.807, 2.05) is 0 Å². The largest absolute Gasteiger partial charge is 0.405 e. The van der Waals surface area contributed by atoms with Gasteiger partial charge in [0.15, 0.2) is 0 Å². The normalized spacial score (nSPS) is 16.6. The molecule has 26 heavy (non-hydrogen) atoms. The number of hydrogen-bond acceptors (Lipinski definition) is 5. The van der Waals surface area contributed by atoms with Crippen LogP contribution in [0, 0.1) is 0 Å². The van der Waals surface area contributed by atoms with Crippen molar-refractivity contribution < 1.29 is 18.0 Å². The number of amides is 1. The number of piperazine rings is 1. The third-order valence-electron chi connectivity index (χ3n) is 4.04. The van der Waals surface area contributed by atoms with E-state index in [0.29, 0.717) is 13.1 Å². The predicted octanol–water partition coefficient (Wildman–Crippen LogP) is -1.08. The summed E-state index contributed by atoms with van der Waals surface area (Å²) in [6.45, 7) is 0.324. The molecule has 0 saturated carbocycles. The minimum atomic E-state index is -4.47. The molecule has 12 heteroatoms. The molecular formula is C14H21ClF3N5O3. The lowest BCUT2D eigenvalue weighted by molar-refractivity contribution is -0.184. The minimum Gasteiger partial charge on any atom is -0.353 e. The molecule has 1 amide bonds. The van der Waals surface area contributed by atoms with Gasteiger partial charge in [0, 0.05) is 52.0 Å². The molecule has 1 aliphatic heterocycles. The molecule has 1 aromatic rings.